The van der Waals surface area contributed by atoms with Crippen molar-refractivity contribution in [1.82, 2.24) is 10.6 Å². The predicted octanol–water partition coefficient (Wildman–Crippen LogP) is 3.89. The van der Waals surface area contributed by atoms with E-state index >= 15 is 0 Å². The van der Waals surface area contributed by atoms with Crippen LogP contribution in [0, 0.1) is 6.92 Å². The van der Waals surface area contributed by atoms with Crippen LogP contribution in [0.3, 0.4) is 0 Å². The lowest BCUT2D eigenvalue weighted by atomic mass is 10.1. The molecule has 1 fully saturated rings. The van der Waals surface area contributed by atoms with Crippen LogP contribution in [0.1, 0.15) is 46.5 Å². The number of aryl methyl sites for hydroxylation is 1. The van der Waals surface area contributed by atoms with Crippen LogP contribution >= 0.6 is 11.3 Å². The molecular weight excluding hydrogens is 332 g/mol. The van der Waals surface area contributed by atoms with Gasteiger partial charge in [0.05, 0.1) is 0 Å². The molecule has 4 nitrogen and oxygen atoms in total. The fraction of sp³-hybridized carbons (Fsp3) is 0.300. The van der Waals surface area contributed by atoms with E-state index in [0.29, 0.717) is 11.3 Å². The second-order valence-electron chi connectivity index (χ2n) is 6.30. The molecule has 1 aliphatic carbocycles. The molecule has 1 aromatic heterocycles. The van der Waals surface area contributed by atoms with Crippen molar-refractivity contribution in [1.29, 1.82) is 0 Å². The maximum atomic E-state index is 12.7. The first-order valence-corrected chi connectivity index (χ1v) is 9.44. The van der Waals surface area contributed by atoms with Crippen molar-refractivity contribution in [2.75, 3.05) is 0 Å². The molecule has 0 unspecified atom stereocenters. The summed E-state index contributed by atoms with van der Waals surface area (Å²) in [4.78, 5) is 26.2. The molecule has 0 atom stereocenters. The van der Waals surface area contributed by atoms with Crippen LogP contribution in [-0.2, 0) is 4.79 Å². The Morgan fingerprint density at radius 1 is 1.12 bits per heavy atom. The maximum absolute atomic E-state index is 12.7. The van der Waals surface area contributed by atoms with Gasteiger partial charge in [-0.25, -0.2) is 0 Å². The van der Waals surface area contributed by atoms with Crippen molar-refractivity contribution in [2.24, 2.45) is 0 Å². The van der Waals surface area contributed by atoms with Crippen LogP contribution in [0.5, 0.6) is 0 Å². The van der Waals surface area contributed by atoms with Crippen LogP contribution in [0.2, 0.25) is 0 Å². The number of carbonyl (C=O) groups is 2. The largest absolute Gasteiger partial charge is 0.348 e. The second kappa shape index (κ2) is 8.12. The van der Waals surface area contributed by atoms with Crippen LogP contribution in [-0.4, -0.2) is 17.9 Å². The van der Waals surface area contributed by atoms with Gasteiger partial charge in [-0.05, 0) is 48.9 Å². The minimum atomic E-state index is -0.262. The molecule has 130 valence electrons. The Bertz CT molecular complexity index is 775. The lowest BCUT2D eigenvalue weighted by molar-refractivity contribution is -0.118. The topological polar surface area (TPSA) is 58.2 Å². The van der Waals surface area contributed by atoms with Crippen LogP contribution in [0.4, 0.5) is 0 Å². The maximum Gasteiger partial charge on any atom is 0.268 e. The van der Waals surface area contributed by atoms with Gasteiger partial charge in [0.1, 0.15) is 5.70 Å². The second-order valence-corrected chi connectivity index (χ2v) is 7.28. The first-order chi connectivity index (χ1) is 12.1. The van der Waals surface area contributed by atoms with E-state index in [9.17, 15) is 9.59 Å². The summed E-state index contributed by atoms with van der Waals surface area (Å²) in [6.45, 7) is 1.89. The summed E-state index contributed by atoms with van der Waals surface area (Å²) >= 11 is 1.53. The summed E-state index contributed by atoms with van der Waals surface area (Å²) in [5.74, 6) is -0.482. The molecule has 2 N–H and O–H groups in total. The Labute approximate surface area is 152 Å². The summed E-state index contributed by atoms with van der Waals surface area (Å²) in [5, 5.41) is 7.79. The number of thiophene rings is 1. The van der Waals surface area contributed by atoms with E-state index in [1.807, 2.05) is 42.6 Å². The molecule has 0 saturated heterocycles. The highest BCUT2D eigenvalue weighted by Gasteiger charge is 2.21. The fourth-order valence-electron chi connectivity index (χ4n) is 3.02. The molecule has 1 heterocycles. The zero-order chi connectivity index (χ0) is 17.6. The average molecular weight is 354 g/mol. The normalized spacial score (nSPS) is 15.2. The Morgan fingerprint density at radius 3 is 2.56 bits per heavy atom. The molecule has 3 rings (SSSR count). The first-order valence-electron chi connectivity index (χ1n) is 8.56. The fourth-order valence-corrected chi connectivity index (χ4v) is 3.68. The van der Waals surface area contributed by atoms with Gasteiger partial charge in [-0.2, -0.15) is 0 Å². The van der Waals surface area contributed by atoms with E-state index in [-0.39, 0.29) is 17.9 Å². The standard InChI is InChI=1S/C20H22N2O2S/c1-14-7-2-5-11-17(14)19(23)22-18(13-16-10-6-12-25-16)20(24)21-15-8-3-4-9-15/h2,5-7,10-13,15H,3-4,8-9H2,1H3,(H,21,24)(H,22,23)/b18-13-. The van der Waals surface area contributed by atoms with Gasteiger partial charge in [-0.1, -0.05) is 37.1 Å². The van der Waals surface area contributed by atoms with Crippen molar-refractivity contribution >= 4 is 29.2 Å². The van der Waals surface area contributed by atoms with Gasteiger partial charge in [0, 0.05) is 16.5 Å². The van der Waals surface area contributed by atoms with Gasteiger partial charge in [0.2, 0.25) is 0 Å². The summed E-state index contributed by atoms with van der Waals surface area (Å²) in [6, 6.07) is 11.4. The van der Waals surface area contributed by atoms with E-state index in [0.717, 1.165) is 36.1 Å². The summed E-state index contributed by atoms with van der Waals surface area (Å²) in [5.41, 5.74) is 1.75. The van der Waals surface area contributed by atoms with Crippen molar-refractivity contribution in [3.63, 3.8) is 0 Å². The monoisotopic (exact) mass is 354 g/mol. The summed E-state index contributed by atoms with van der Waals surface area (Å²) in [6.07, 6.45) is 6.04. The molecule has 0 aliphatic heterocycles. The number of rotatable bonds is 5. The van der Waals surface area contributed by atoms with Crippen LogP contribution < -0.4 is 10.6 Å². The Balaban J connectivity index is 1.80. The minimum absolute atomic E-state index is 0.203. The summed E-state index contributed by atoms with van der Waals surface area (Å²) < 4.78 is 0. The molecule has 1 aliphatic rings. The molecule has 2 amide bonds. The van der Waals surface area contributed by atoms with Crippen molar-refractivity contribution in [3.8, 4) is 0 Å². The van der Waals surface area contributed by atoms with Gasteiger partial charge in [0.15, 0.2) is 0 Å². The van der Waals surface area contributed by atoms with E-state index in [1.165, 1.54) is 11.3 Å². The molecule has 1 saturated carbocycles. The van der Waals surface area contributed by atoms with E-state index < -0.39 is 0 Å². The summed E-state index contributed by atoms with van der Waals surface area (Å²) in [7, 11) is 0. The molecule has 0 bridgehead atoms. The number of amides is 2. The zero-order valence-corrected chi connectivity index (χ0v) is 15.1. The Hall–Kier alpha value is -2.40. The third-order valence-corrected chi connectivity index (χ3v) is 5.22. The minimum Gasteiger partial charge on any atom is -0.348 e. The van der Waals surface area contributed by atoms with Crippen molar-refractivity contribution in [2.45, 2.75) is 38.6 Å². The predicted molar refractivity (Wildman–Crippen MR) is 101 cm³/mol. The third kappa shape index (κ3) is 4.57. The van der Waals surface area contributed by atoms with E-state index in [2.05, 4.69) is 10.6 Å². The Kier molecular flexibility index (Phi) is 5.66. The van der Waals surface area contributed by atoms with Gasteiger partial charge in [0.25, 0.3) is 11.8 Å². The molecule has 25 heavy (non-hydrogen) atoms. The van der Waals surface area contributed by atoms with Crippen molar-refractivity contribution < 1.29 is 9.59 Å². The van der Waals surface area contributed by atoms with Crippen LogP contribution in [0.15, 0.2) is 47.5 Å². The lowest BCUT2D eigenvalue weighted by Crippen LogP contribution is -2.39. The quantitative estimate of drug-likeness (QED) is 0.801. The van der Waals surface area contributed by atoms with Gasteiger partial charge < -0.3 is 10.6 Å². The average Bonchev–Trinajstić information content (AvgIpc) is 3.28. The molecule has 0 spiro atoms. The van der Waals surface area contributed by atoms with Crippen molar-refractivity contribution in [3.05, 3.63) is 63.5 Å². The van der Waals surface area contributed by atoms with E-state index in [1.54, 1.807) is 12.1 Å². The van der Waals surface area contributed by atoms with Gasteiger partial charge in [-0.15, -0.1) is 11.3 Å². The molecule has 1 aromatic carbocycles. The highest BCUT2D eigenvalue weighted by molar-refractivity contribution is 7.10. The SMILES string of the molecule is Cc1ccccc1C(=O)N/C(=C\c1cccs1)C(=O)NC1CCCC1. The van der Waals surface area contributed by atoms with Gasteiger partial charge >= 0.3 is 0 Å². The third-order valence-electron chi connectivity index (χ3n) is 4.40. The van der Waals surface area contributed by atoms with E-state index in [4.69, 9.17) is 0 Å². The lowest BCUT2D eigenvalue weighted by Gasteiger charge is -2.15. The molecule has 5 heteroatoms. The highest BCUT2D eigenvalue weighted by atomic mass is 32.1. The molecule has 0 radical (unpaired) electrons. The number of carbonyl (C=O) groups excluding carboxylic acids is 2. The number of hydrogen-bond acceptors (Lipinski definition) is 3. The number of hydrogen-bond donors (Lipinski definition) is 2. The van der Waals surface area contributed by atoms with Crippen LogP contribution in [0.25, 0.3) is 6.08 Å². The highest BCUT2D eigenvalue weighted by Crippen LogP contribution is 2.19. The molecular formula is C20H22N2O2S. The molecule has 2 aromatic rings. The zero-order valence-electron chi connectivity index (χ0n) is 14.2. The number of benzene rings is 1. The smallest absolute Gasteiger partial charge is 0.268 e. The number of nitrogens with one attached hydrogen (secondary N) is 2. The first kappa shape index (κ1) is 17.4. The Morgan fingerprint density at radius 2 is 1.88 bits per heavy atom. The van der Waals surface area contributed by atoms with Gasteiger partial charge in [-0.3, -0.25) is 9.59 Å².